The summed E-state index contributed by atoms with van der Waals surface area (Å²) in [7, 11) is 1.73. The molecule has 25 heavy (non-hydrogen) atoms. The molecule has 0 radical (unpaired) electrons. The summed E-state index contributed by atoms with van der Waals surface area (Å²) < 4.78 is 5.32. The summed E-state index contributed by atoms with van der Waals surface area (Å²) in [5, 5.41) is 13.4. The van der Waals surface area contributed by atoms with Crippen LogP contribution >= 0.6 is 0 Å². The van der Waals surface area contributed by atoms with Crippen LogP contribution in [-0.2, 0) is 6.42 Å². The Balaban J connectivity index is 2.14. The number of hydrogen-bond donors (Lipinski definition) is 1. The smallest absolute Gasteiger partial charge is 0.253 e. The molecule has 0 bridgehead atoms. The van der Waals surface area contributed by atoms with Gasteiger partial charge in [-0.15, -0.1) is 0 Å². The van der Waals surface area contributed by atoms with Gasteiger partial charge in [0.15, 0.2) is 0 Å². The van der Waals surface area contributed by atoms with Crippen molar-refractivity contribution < 1.29 is 14.4 Å². The zero-order valence-electron chi connectivity index (χ0n) is 15.6. The minimum absolute atomic E-state index is 0.0637. The van der Waals surface area contributed by atoms with Gasteiger partial charge in [-0.3, -0.25) is 4.79 Å². The van der Waals surface area contributed by atoms with Crippen molar-refractivity contribution in [1.29, 1.82) is 0 Å². The van der Waals surface area contributed by atoms with Crippen LogP contribution in [0.1, 0.15) is 50.4 Å². The predicted molar refractivity (Wildman–Crippen MR) is 96.2 cm³/mol. The Morgan fingerprint density at radius 1 is 1.36 bits per heavy atom. The van der Waals surface area contributed by atoms with Crippen molar-refractivity contribution >= 4 is 5.91 Å². The molecule has 1 aromatic carbocycles. The van der Waals surface area contributed by atoms with E-state index in [4.69, 9.17) is 4.52 Å². The first kappa shape index (κ1) is 19.1. The number of carbonyl (C=O) groups excluding carboxylic acids is 1. The maximum absolute atomic E-state index is 12.5. The summed E-state index contributed by atoms with van der Waals surface area (Å²) in [6.45, 7) is 8.54. The average Bonchev–Trinajstić information content (AvgIpc) is 2.98. The monoisotopic (exact) mass is 345 g/mol. The molecule has 1 N–H and O–H groups in total. The Morgan fingerprint density at radius 2 is 2.08 bits per heavy atom. The lowest BCUT2D eigenvalue weighted by Gasteiger charge is -2.18. The maximum atomic E-state index is 12.5. The van der Waals surface area contributed by atoms with Crippen molar-refractivity contribution in [3.8, 4) is 11.4 Å². The van der Waals surface area contributed by atoms with Gasteiger partial charge >= 0.3 is 0 Å². The Hall–Kier alpha value is -2.21. The first-order valence-electron chi connectivity index (χ1n) is 8.52. The minimum Gasteiger partial charge on any atom is -0.393 e. The number of carbonyl (C=O) groups is 1. The van der Waals surface area contributed by atoms with Crippen LogP contribution in [0.3, 0.4) is 0 Å². The van der Waals surface area contributed by atoms with Crippen LogP contribution in [0.5, 0.6) is 0 Å². The van der Waals surface area contributed by atoms with Crippen molar-refractivity contribution in [3.63, 3.8) is 0 Å². The third-order valence-electron chi connectivity index (χ3n) is 3.75. The fourth-order valence-electron chi connectivity index (χ4n) is 2.39. The second-order valence-electron chi connectivity index (χ2n) is 7.69. The highest BCUT2D eigenvalue weighted by Gasteiger charge is 2.18. The van der Waals surface area contributed by atoms with Gasteiger partial charge in [-0.2, -0.15) is 4.98 Å². The van der Waals surface area contributed by atoms with E-state index in [1.165, 1.54) is 0 Å². The van der Waals surface area contributed by atoms with Crippen molar-refractivity contribution in [1.82, 2.24) is 15.0 Å². The van der Waals surface area contributed by atoms with E-state index < -0.39 is 6.10 Å². The van der Waals surface area contributed by atoms with Crippen LogP contribution in [0.15, 0.2) is 28.8 Å². The molecule has 1 atom stereocenters. The molecule has 0 saturated heterocycles. The number of aliphatic hydroxyl groups is 1. The first-order chi connectivity index (χ1) is 11.7. The molecule has 2 aromatic rings. The fourth-order valence-corrected chi connectivity index (χ4v) is 2.39. The van der Waals surface area contributed by atoms with Gasteiger partial charge in [0.1, 0.15) is 0 Å². The van der Waals surface area contributed by atoms with E-state index in [0.717, 1.165) is 5.56 Å². The molecule has 136 valence electrons. The molecule has 0 saturated carbocycles. The van der Waals surface area contributed by atoms with Gasteiger partial charge in [0.2, 0.25) is 11.7 Å². The van der Waals surface area contributed by atoms with Gasteiger partial charge in [0.05, 0.1) is 6.10 Å². The number of benzene rings is 1. The largest absolute Gasteiger partial charge is 0.393 e. The third-order valence-corrected chi connectivity index (χ3v) is 3.75. The molecular weight excluding hydrogens is 318 g/mol. The molecule has 1 aromatic heterocycles. The van der Waals surface area contributed by atoms with E-state index >= 15 is 0 Å². The van der Waals surface area contributed by atoms with Crippen LogP contribution in [0.4, 0.5) is 0 Å². The summed E-state index contributed by atoms with van der Waals surface area (Å²) in [6.07, 6.45) is 0.811. The molecule has 1 amide bonds. The number of nitrogens with zero attached hydrogens (tertiary/aromatic N) is 3. The number of aromatic nitrogens is 2. The zero-order chi connectivity index (χ0) is 18.6. The van der Waals surface area contributed by atoms with Crippen LogP contribution in [-0.4, -0.2) is 45.8 Å². The van der Waals surface area contributed by atoms with E-state index in [1.54, 1.807) is 31.0 Å². The standard InChI is InChI=1S/C19H27N3O3/c1-13(23)9-10-22(5)18(24)15-8-6-7-14(11-15)17-20-16(25-21-17)12-19(2,3)4/h6-8,11,13,23H,9-10,12H2,1-5H3. The normalized spacial score (nSPS) is 12.9. The molecule has 0 spiro atoms. The molecule has 0 aliphatic rings. The molecule has 0 fully saturated rings. The first-order valence-corrected chi connectivity index (χ1v) is 8.52. The van der Waals surface area contributed by atoms with Gasteiger partial charge in [-0.05, 0) is 30.9 Å². The van der Waals surface area contributed by atoms with Crippen LogP contribution in [0.25, 0.3) is 11.4 Å². The van der Waals surface area contributed by atoms with Gasteiger partial charge < -0.3 is 14.5 Å². The summed E-state index contributed by atoms with van der Waals surface area (Å²) in [5.74, 6) is 0.981. The Bertz CT molecular complexity index is 717. The Labute approximate surface area is 148 Å². The second kappa shape index (κ2) is 7.78. The maximum Gasteiger partial charge on any atom is 0.253 e. The van der Waals surface area contributed by atoms with E-state index in [0.29, 0.717) is 36.7 Å². The van der Waals surface area contributed by atoms with Crippen molar-refractivity contribution in [3.05, 3.63) is 35.7 Å². The lowest BCUT2D eigenvalue weighted by atomic mass is 9.92. The number of aliphatic hydroxyl groups excluding tert-OH is 1. The van der Waals surface area contributed by atoms with Crippen molar-refractivity contribution in [2.24, 2.45) is 5.41 Å². The summed E-state index contributed by atoms with van der Waals surface area (Å²) in [4.78, 5) is 18.6. The molecule has 1 heterocycles. The lowest BCUT2D eigenvalue weighted by molar-refractivity contribution is 0.0769. The Kier molecular flexibility index (Phi) is 5.95. The highest BCUT2D eigenvalue weighted by molar-refractivity contribution is 5.95. The number of rotatable bonds is 6. The van der Waals surface area contributed by atoms with Gasteiger partial charge in [-0.25, -0.2) is 0 Å². The zero-order valence-corrected chi connectivity index (χ0v) is 15.6. The van der Waals surface area contributed by atoms with Crippen molar-refractivity contribution in [2.75, 3.05) is 13.6 Å². The summed E-state index contributed by atoms with van der Waals surface area (Å²) >= 11 is 0. The van der Waals surface area contributed by atoms with E-state index in [2.05, 4.69) is 30.9 Å². The topological polar surface area (TPSA) is 79.5 Å². The van der Waals surface area contributed by atoms with E-state index in [1.807, 2.05) is 12.1 Å². The van der Waals surface area contributed by atoms with Gasteiger partial charge in [0, 0.05) is 31.1 Å². The molecule has 1 unspecified atom stereocenters. The van der Waals surface area contributed by atoms with E-state index in [9.17, 15) is 9.90 Å². The van der Waals surface area contributed by atoms with Crippen LogP contribution in [0, 0.1) is 5.41 Å². The molecule has 0 aliphatic carbocycles. The second-order valence-corrected chi connectivity index (χ2v) is 7.69. The van der Waals surface area contributed by atoms with Gasteiger partial charge in [-0.1, -0.05) is 38.1 Å². The fraction of sp³-hybridized carbons (Fsp3) is 0.526. The highest BCUT2D eigenvalue weighted by atomic mass is 16.5. The quantitative estimate of drug-likeness (QED) is 0.870. The third kappa shape index (κ3) is 5.67. The summed E-state index contributed by atoms with van der Waals surface area (Å²) in [5.41, 5.74) is 1.38. The van der Waals surface area contributed by atoms with Crippen LogP contribution in [0.2, 0.25) is 0 Å². The average molecular weight is 345 g/mol. The van der Waals surface area contributed by atoms with Crippen molar-refractivity contribution in [2.45, 2.75) is 46.6 Å². The molecule has 0 aliphatic heterocycles. The summed E-state index contributed by atoms with van der Waals surface area (Å²) in [6, 6.07) is 7.21. The SMILES string of the molecule is CC(O)CCN(C)C(=O)c1cccc(-c2noc(CC(C)(C)C)n2)c1. The molecule has 6 nitrogen and oxygen atoms in total. The van der Waals surface area contributed by atoms with Crippen LogP contribution < -0.4 is 0 Å². The minimum atomic E-state index is -0.429. The van der Waals surface area contributed by atoms with Gasteiger partial charge in [0.25, 0.3) is 5.91 Å². The van der Waals surface area contributed by atoms with E-state index in [-0.39, 0.29) is 11.3 Å². The lowest BCUT2D eigenvalue weighted by Crippen LogP contribution is -2.29. The number of hydrogen-bond acceptors (Lipinski definition) is 5. The predicted octanol–water partition coefficient (Wildman–Crippen LogP) is 3.17. The number of amides is 1. The Morgan fingerprint density at radius 3 is 2.72 bits per heavy atom. The highest BCUT2D eigenvalue weighted by Crippen LogP contribution is 2.23. The molecule has 2 rings (SSSR count). The molecular formula is C19H27N3O3. The molecule has 6 heteroatoms.